The second-order valence-electron chi connectivity index (χ2n) is 5.97. The van der Waals surface area contributed by atoms with Crippen LogP contribution in [-0.2, 0) is 0 Å². The highest BCUT2D eigenvalue weighted by molar-refractivity contribution is 7.99. The normalized spacial score (nSPS) is 21.1. The van der Waals surface area contributed by atoms with Crippen LogP contribution in [0.15, 0.2) is 18.2 Å². The Morgan fingerprint density at radius 1 is 1.38 bits per heavy atom. The number of anilines is 1. The highest BCUT2D eigenvalue weighted by atomic mass is 32.2. The van der Waals surface area contributed by atoms with Crippen molar-refractivity contribution in [3.8, 4) is 11.5 Å². The first-order valence-corrected chi connectivity index (χ1v) is 8.02. The van der Waals surface area contributed by atoms with Crippen molar-refractivity contribution in [1.82, 2.24) is 0 Å². The maximum absolute atomic E-state index is 12.5. The summed E-state index contributed by atoms with van der Waals surface area (Å²) in [4.78, 5) is 0. The van der Waals surface area contributed by atoms with Crippen molar-refractivity contribution in [3.63, 3.8) is 0 Å². The number of benzene rings is 1. The molecule has 3 nitrogen and oxygen atoms in total. The minimum Gasteiger partial charge on any atom is -0.497 e. The predicted molar refractivity (Wildman–Crippen MR) is 82.8 cm³/mol. The number of alkyl halides is 2. The van der Waals surface area contributed by atoms with Crippen molar-refractivity contribution in [1.29, 1.82) is 0 Å². The van der Waals surface area contributed by atoms with E-state index in [1.807, 2.05) is 11.8 Å². The van der Waals surface area contributed by atoms with E-state index in [1.54, 1.807) is 19.2 Å². The maximum Gasteiger partial charge on any atom is 0.387 e. The van der Waals surface area contributed by atoms with E-state index in [0.717, 1.165) is 17.9 Å². The molecule has 1 aromatic rings. The van der Waals surface area contributed by atoms with Gasteiger partial charge in [-0.3, -0.25) is 0 Å². The van der Waals surface area contributed by atoms with Gasteiger partial charge in [-0.15, -0.1) is 0 Å². The zero-order valence-electron chi connectivity index (χ0n) is 12.5. The van der Waals surface area contributed by atoms with Crippen molar-refractivity contribution in [3.05, 3.63) is 18.2 Å². The van der Waals surface area contributed by atoms with Crippen LogP contribution in [-0.4, -0.2) is 31.3 Å². The van der Waals surface area contributed by atoms with Gasteiger partial charge in [0.2, 0.25) is 0 Å². The van der Waals surface area contributed by atoms with Gasteiger partial charge in [0.25, 0.3) is 0 Å². The quantitative estimate of drug-likeness (QED) is 0.880. The van der Waals surface area contributed by atoms with E-state index in [2.05, 4.69) is 23.9 Å². The van der Waals surface area contributed by atoms with Crippen LogP contribution in [0, 0.1) is 5.41 Å². The van der Waals surface area contributed by atoms with Crippen LogP contribution >= 0.6 is 11.8 Å². The molecule has 1 unspecified atom stereocenters. The van der Waals surface area contributed by atoms with Crippen LogP contribution in [0.25, 0.3) is 0 Å². The number of ether oxygens (including phenoxy) is 2. The molecule has 0 radical (unpaired) electrons. The van der Waals surface area contributed by atoms with Gasteiger partial charge >= 0.3 is 6.61 Å². The van der Waals surface area contributed by atoms with E-state index in [1.165, 1.54) is 6.07 Å². The average Bonchev–Trinajstić information content (AvgIpc) is 2.39. The number of methoxy groups -OCH3 is 1. The molecule has 1 aliphatic heterocycles. The summed E-state index contributed by atoms with van der Waals surface area (Å²) in [5.41, 5.74) is 0.793. The van der Waals surface area contributed by atoms with E-state index in [-0.39, 0.29) is 17.2 Å². The number of nitrogens with one attached hydrogen (secondary N) is 1. The number of hydrogen-bond donors (Lipinski definition) is 1. The van der Waals surface area contributed by atoms with Crippen LogP contribution in [0.1, 0.15) is 20.3 Å². The first kappa shape index (κ1) is 16.2. The fourth-order valence-corrected chi connectivity index (χ4v) is 3.80. The molecular weight excluding hydrogens is 296 g/mol. The van der Waals surface area contributed by atoms with Crippen molar-refractivity contribution in [2.45, 2.75) is 32.9 Å². The molecule has 0 spiro atoms. The third kappa shape index (κ3) is 4.66. The van der Waals surface area contributed by atoms with Crippen molar-refractivity contribution in [2.24, 2.45) is 5.41 Å². The molecule has 0 aliphatic carbocycles. The van der Waals surface area contributed by atoms with Gasteiger partial charge in [-0.1, -0.05) is 13.8 Å². The summed E-state index contributed by atoms with van der Waals surface area (Å²) in [7, 11) is 1.55. The highest BCUT2D eigenvalue weighted by Gasteiger charge is 2.29. The molecule has 1 aromatic carbocycles. The summed E-state index contributed by atoms with van der Waals surface area (Å²) >= 11 is 1.88. The first-order chi connectivity index (χ1) is 9.89. The van der Waals surface area contributed by atoms with Gasteiger partial charge in [0.1, 0.15) is 11.5 Å². The molecule has 1 atom stereocenters. The fourth-order valence-electron chi connectivity index (χ4n) is 2.52. The number of rotatable bonds is 5. The van der Waals surface area contributed by atoms with Crippen LogP contribution in [0.2, 0.25) is 0 Å². The molecule has 0 amide bonds. The summed E-state index contributed by atoms with van der Waals surface area (Å²) in [6.45, 7) is 1.60. The molecule has 1 aliphatic rings. The molecule has 2 rings (SSSR count). The van der Waals surface area contributed by atoms with E-state index in [9.17, 15) is 8.78 Å². The van der Waals surface area contributed by atoms with Crippen molar-refractivity contribution >= 4 is 17.4 Å². The monoisotopic (exact) mass is 317 g/mol. The Labute approximate surface area is 128 Å². The van der Waals surface area contributed by atoms with Crippen LogP contribution in [0.5, 0.6) is 11.5 Å². The molecule has 1 fully saturated rings. The van der Waals surface area contributed by atoms with Crippen molar-refractivity contribution in [2.75, 3.05) is 23.9 Å². The number of halogens is 2. The Bertz CT molecular complexity index is 483. The minimum atomic E-state index is -2.84. The van der Waals surface area contributed by atoms with E-state index >= 15 is 0 Å². The van der Waals surface area contributed by atoms with E-state index < -0.39 is 6.61 Å². The van der Waals surface area contributed by atoms with Gasteiger partial charge in [0.15, 0.2) is 0 Å². The highest BCUT2D eigenvalue weighted by Crippen LogP contribution is 2.37. The largest absolute Gasteiger partial charge is 0.497 e. The number of thioether (sulfide) groups is 1. The molecule has 1 saturated heterocycles. The third-order valence-corrected chi connectivity index (χ3v) is 5.00. The van der Waals surface area contributed by atoms with Gasteiger partial charge < -0.3 is 14.8 Å². The van der Waals surface area contributed by atoms with Gasteiger partial charge in [0.05, 0.1) is 12.8 Å². The summed E-state index contributed by atoms with van der Waals surface area (Å²) in [6.07, 6.45) is 0.991. The Kier molecular flexibility index (Phi) is 5.19. The second kappa shape index (κ2) is 6.73. The predicted octanol–water partition coefficient (Wildman–Crippen LogP) is 4.24. The van der Waals surface area contributed by atoms with E-state index in [4.69, 9.17) is 4.74 Å². The van der Waals surface area contributed by atoms with Gasteiger partial charge in [-0.25, -0.2) is 0 Å². The Hall–Kier alpha value is -1.17. The summed E-state index contributed by atoms with van der Waals surface area (Å²) in [5, 5.41) is 3.33. The molecule has 0 aromatic heterocycles. The smallest absolute Gasteiger partial charge is 0.387 e. The molecule has 1 N–H and O–H groups in total. The van der Waals surface area contributed by atoms with E-state index in [0.29, 0.717) is 11.4 Å². The summed E-state index contributed by atoms with van der Waals surface area (Å²) in [6, 6.07) is 5.05. The maximum atomic E-state index is 12.5. The molecule has 6 heteroatoms. The number of hydrogen-bond acceptors (Lipinski definition) is 4. The zero-order valence-corrected chi connectivity index (χ0v) is 13.3. The van der Waals surface area contributed by atoms with Gasteiger partial charge in [-0.2, -0.15) is 20.5 Å². The molecule has 0 bridgehead atoms. The molecule has 1 heterocycles. The summed E-state index contributed by atoms with van der Waals surface area (Å²) in [5.74, 6) is 2.83. The molecule has 0 saturated carbocycles. The molecule has 21 heavy (non-hydrogen) atoms. The Morgan fingerprint density at radius 3 is 2.76 bits per heavy atom. The fraction of sp³-hybridized carbons (Fsp3) is 0.600. The zero-order chi connectivity index (χ0) is 15.5. The Morgan fingerprint density at radius 2 is 2.14 bits per heavy atom. The van der Waals surface area contributed by atoms with Crippen LogP contribution in [0.4, 0.5) is 14.5 Å². The lowest BCUT2D eigenvalue weighted by molar-refractivity contribution is -0.0494. The van der Waals surface area contributed by atoms with Gasteiger partial charge in [-0.05, 0) is 29.7 Å². The average molecular weight is 317 g/mol. The lowest BCUT2D eigenvalue weighted by Gasteiger charge is -2.35. The third-order valence-electron chi connectivity index (χ3n) is 3.37. The topological polar surface area (TPSA) is 30.5 Å². The second-order valence-corrected chi connectivity index (χ2v) is 7.00. The van der Waals surface area contributed by atoms with Gasteiger partial charge in [0, 0.05) is 17.9 Å². The molecular formula is C15H21F2NO2S. The minimum absolute atomic E-state index is 0.152. The SMILES string of the molecule is COc1ccc(OC(F)F)c(NC2CSCC(C)(C)C2)c1. The Balaban J connectivity index is 2.16. The first-order valence-electron chi connectivity index (χ1n) is 6.87. The van der Waals surface area contributed by atoms with Crippen LogP contribution < -0.4 is 14.8 Å². The molecule has 118 valence electrons. The lowest BCUT2D eigenvalue weighted by atomic mass is 9.88. The lowest BCUT2D eigenvalue weighted by Crippen LogP contribution is -2.35. The standard InChI is InChI=1S/C15H21F2NO2S/c1-15(2)7-10(8-21-9-15)18-12-6-11(19-3)4-5-13(12)20-14(16)17/h4-6,10,14,18H,7-9H2,1-3H3. The van der Waals surface area contributed by atoms with Crippen LogP contribution in [0.3, 0.4) is 0 Å². The summed E-state index contributed by atoms with van der Waals surface area (Å²) < 4.78 is 34.7. The van der Waals surface area contributed by atoms with Crippen molar-refractivity contribution < 1.29 is 18.3 Å².